The van der Waals surface area contributed by atoms with Crippen molar-refractivity contribution in [2.24, 2.45) is 0 Å². The third kappa shape index (κ3) is 4.05. The average Bonchev–Trinajstić information content (AvgIpc) is 2.74. The molecule has 1 amide bonds. The van der Waals surface area contributed by atoms with Crippen LogP contribution in [0.2, 0.25) is 0 Å². The van der Waals surface area contributed by atoms with Crippen LogP contribution in [-0.2, 0) is 14.0 Å². The number of anilines is 1. The zero-order valence-corrected chi connectivity index (χ0v) is 15.9. The Labute approximate surface area is 142 Å². The van der Waals surface area contributed by atoms with Crippen molar-refractivity contribution in [3.05, 3.63) is 5.69 Å². The van der Waals surface area contributed by atoms with Crippen molar-refractivity contribution in [2.45, 2.75) is 72.2 Å². The van der Waals surface area contributed by atoms with Crippen LogP contribution in [0.25, 0.3) is 0 Å². The first kappa shape index (κ1) is 18.2. The molecule has 0 spiro atoms. The highest BCUT2D eigenvalue weighted by molar-refractivity contribution is 7.25. The van der Waals surface area contributed by atoms with Crippen LogP contribution in [0, 0.1) is 6.92 Å². The van der Waals surface area contributed by atoms with Crippen LogP contribution >= 0.6 is 11.3 Å². The van der Waals surface area contributed by atoms with Crippen LogP contribution in [-0.4, -0.2) is 35.0 Å². The largest absolute Gasteiger partial charge is 0.507 e. The molecule has 0 saturated carbocycles. The fourth-order valence-corrected chi connectivity index (χ4v) is 2.93. The topological polar surface area (TPSA) is 69.7 Å². The molecule has 0 unspecified atom stereocenters. The number of nitrogens with one attached hydrogen (secondary N) is 1. The molecular formula is C15H25BN2O4S. The Morgan fingerprint density at radius 3 is 2.22 bits per heavy atom. The Bertz CT molecular complexity index is 591. The summed E-state index contributed by atoms with van der Waals surface area (Å²) in [6.45, 7) is 15.3. The minimum absolute atomic E-state index is 0.410. The molecule has 1 aromatic heterocycles. The number of carbonyl (C=O) groups is 1. The number of aryl methyl sites for hydroxylation is 1. The Hall–Kier alpha value is -1.12. The lowest BCUT2D eigenvalue weighted by atomic mass is 9.86. The van der Waals surface area contributed by atoms with Gasteiger partial charge >= 0.3 is 13.2 Å². The standard InChI is InChI=1S/C15H25BN2O4S/c1-9-10(16-21-14(5,6)15(7,8)22-16)23-11(17-9)18-12(19)20-13(2,3)4/h1-8H3,(H,17,18,19). The Balaban J connectivity index is 2.12. The van der Waals surface area contributed by atoms with Crippen LogP contribution in [0.15, 0.2) is 0 Å². The van der Waals surface area contributed by atoms with Gasteiger partial charge in [0.15, 0.2) is 5.13 Å². The van der Waals surface area contributed by atoms with Gasteiger partial charge in [0.2, 0.25) is 0 Å². The van der Waals surface area contributed by atoms with Gasteiger partial charge in [-0.3, -0.25) is 5.32 Å². The summed E-state index contributed by atoms with van der Waals surface area (Å²) in [6, 6.07) is 0. The second-order valence-corrected chi connectivity index (χ2v) is 8.71. The van der Waals surface area contributed by atoms with E-state index < -0.39 is 30.0 Å². The molecule has 2 heterocycles. The maximum Gasteiger partial charge on any atom is 0.507 e. The Morgan fingerprint density at radius 1 is 1.22 bits per heavy atom. The molecule has 1 fully saturated rings. The van der Waals surface area contributed by atoms with Gasteiger partial charge in [0, 0.05) is 0 Å². The van der Waals surface area contributed by atoms with Crippen LogP contribution in [0.4, 0.5) is 9.93 Å². The molecule has 1 aromatic rings. The van der Waals surface area contributed by atoms with E-state index in [9.17, 15) is 4.79 Å². The van der Waals surface area contributed by atoms with E-state index in [2.05, 4.69) is 10.3 Å². The highest BCUT2D eigenvalue weighted by Gasteiger charge is 2.52. The molecular weight excluding hydrogens is 315 g/mol. The first-order valence-electron chi connectivity index (χ1n) is 7.64. The van der Waals surface area contributed by atoms with Crippen molar-refractivity contribution >= 4 is 34.5 Å². The van der Waals surface area contributed by atoms with Crippen LogP contribution in [0.3, 0.4) is 0 Å². The average molecular weight is 340 g/mol. The number of amides is 1. The van der Waals surface area contributed by atoms with Crippen molar-refractivity contribution in [3.8, 4) is 0 Å². The van der Waals surface area contributed by atoms with Gasteiger partial charge in [0.1, 0.15) is 5.60 Å². The fourth-order valence-electron chi connectivity index (χ4n) is 2.02. The summed E-state index contributed by atoms with van der Waals surface area (Å²) in [6.07, 6.45) is -0.522. The molecule has 23 heavy (non-hydrogen) atoms. The van der Waals surface area contributed by atoms with E-state index >= 15 is 0 Å². The third-order valence-electron chi connectivity index (χ3n) is 3.91. The summed E-state index contributed by atoms with van der Waals surface area (Å²) in [4.78, 5) is 16.2. The number of hydrogen-bond acceptors (Lipinski definition) is 6. The lowest BCUT2D eigenvalue weighted by molar-refractivity contribution is 0.00578. The minimum atomic E-state index is -0.551. The summed E-state index contributed by atoms with van der Waals surface area (Å²) < 4.78 is 18.2. The maximum absolute atomic E-state index is 11.8. The SMILES string of the molecule is Cc1nc(NC(=O)OC(C)(C)C)sc1B1OC(C)(C)C(C)(C)O1. The second-order valence-electron chi connectivity index (χ2n) is 7.68. The lowest BCUT2D eigenvalue weighted by Gasteiger charge is -2.32. The first-order chi connectivity index (χ1) is 10.3. The zero-order valence-electron chi connectivity index (χ0n) is 15.1. The summed E-state index contributed by atoms with van der Waals surface area (Å²) in [7, 11) is -0.480. The maximum atomic E-state index is 11.8. The van der Waals surface area contributed by atoms with Gasteiger partial charge in [0.25, 0.3) is 0 Å². The number of carbonyl (C=O) groups excluding carboxylic acids is 1. The monoisotopic (exact) mass is 340 g/mol. The molecule has 1 saturated heterocycles. The predicted octanol–water partition coefficient (Wildman–Crippen LogP) is 3.10. The van der Waals surface area contributed by atoms with Crippen molar-refractivity contribution in [3.63, 3.8) is 0 Å². The summed E-state index contributed by atoms with van der Waals surface area (Å²) in [5.74, 6) is 0. The molecule has 1 N–H and O–H groups in total. The van der Waals surface area contributed by atoms with Crippen molar-refractivity contribution < 1.29 is 18.8 Å². The van der Waals surface area contributed by atoms with Gasteiger partial charge in [-0.15, -0.1) is 11.3 Å². The first-order valence-corrected chi connectivity index (χ1v) is 8.45. The molecule has 128 valence electrons. The van der Waals surface area contributed by atoms with Crippen molar-refractivity contribution in [1.82, 2.24) is 4.98 Å². The molecule has 1 aliphatic heterocycles. The molecule has 2 rings (SSSR count). The quantitative estimate of drug-likeness (QED) is 0.838. The summed E-state index contributed by atoms with van der Waals surface area (Å²) in [5.41, 5.74) is -0.593. The van der Waals surface area contributed by atoms with Gasteiger partial charge in [0.05, 0.1) is 21.7 Å². The number of nitrogens with zero attached hydrogens (tertiary/aromatic N) is 1. The van der Waals surface area contributed by atoms with Crippen LogP contribution < -0.4 is 10.1 Å². The number of thiazole rings is 1. The van der Waals surface area contributed by atoms with E-state index in [1.165, 1.54) is 11.3 Å². The van der Waals surface area contributed by atoms with Crippen molar-refractivity contribution in [1.29, 1.82) is 0 Å². The third-order valence-corrected chi connectivity index (χ3v) is 5.00. The summed E-state index contributed by atoms with van der Waals surface area (Å²) in [5, 5.41) is 3.13. The minimum Gasteiger partial charge on any atom is -0.444 e. The predicted molar refractivity (Wildman–Crippen MR) is 92.4 cm³/mol. The van der Waals surface area contributed by atoms with Crippen molar-refractivity contribution in [2.75, 3.05) is 5.32 Å². The molecule has 0 aromatic carbocycles. The fraction of sp³-hybridized carbons (Fsp3) is 0.733. The molecule has 0 atom stereocenters. The van der Waals surface area contributed by atoms with Gasteiger partial charge in [-0.05, 0) is 55.4 Å². The zero-order chi connectivity index (χ0) is 17.6. The van der Waals surface area contributed by atoms with E-state index in [-0.39, 0.29) is 0 Å². The molecule has 0 aliphatic carbocycles. The Morgan fingerprint density at radius 2 is 1.74 bits per heavy atom. The number of ether oxygens (including phenoxy) is 1. The summed E-state index contributed by atoms with van der Waals surface area (Å²) >= 11 is 1.34. The molecule has 6 nitrogen and oxygen atoms in total. The molecule has 8 heteroatoms. The van der Waals surface area contributed by atoms with E-state index in [0.29, 0.717) is 5.13 Å². The lowest BCUT2D eigenvalue weighted by Crippen LogP contribution is -2.41. The number of aromatic nitrogens is 1. The Kier molecular flexibility index (Phi) is 4.56. The van der Waals surface area contributed by atoms with Crippen LogP contribution in [0.5, 0.6) is 0 Å². The number of hydrogen-bond donors (Lipinski definition) is 1. The molecule has 1 aliphatic rings. The van der Waals surface area contributed by atoms with E-state index in [4.69, 9.17) is 14.0 Å². The smallest absolute Gasteiger partial charge is 0.444 e. The van der Waals surface area contributed by atoms with Gasteiger partial charge in [-0.25, -0.2) is 9.78 Å². The van der Waals surface area contributed by atoms with E-state index in [0.717, 1.165) is 10.5 Å². The highest BCUT2D eigenvalue weighted by Crippen LogP contribution is 2.37. The van der Waals surface area contributed by atoms with Gasteiger partial charge in [-0.2, -0.15) is 0 Å². The van der Waals surface area contributed by atoms with E-state index in [1.807, 2.05) is 55.4 Å². The highest BCUT2D eigenvalue weighted by atomic mass is 32.1. The van der Waals surface area contributed by atoms with Crippen LogP contribution in [0.1, 0.15) is 54.2 Å². The second kappa shape index (κ2) is 5.75. The number of rotatable bonds is 2. The van der Waals surface area contributed by atoms with Gasteiger partial charge in [-0.1, -0.05) is 0 Å². The normalized spacial score (nSPS) is 19.7. The van der Waals surface area contributed by atoms with Gasteiger partial charge < -0.3 is 14.0 Å². The molecule has 0 bridgehead atoms. The molecule has 0 radical (unpaired) electrons. The van der Waals surface area contributed by atoms with E-state index in [1.54, 1.807) is 0 Å².